The number of hydrogen-bond donors (Lipinski definition) is 0. The van der Waals surface area contributed by atoms with Gasteiger partial charge in [-0.25, -0.2) is 4.98 Å². The second-order valence-electron chi connectivity index (χ2n) is 12.1. The summed E-state index contributed by atoms with van der Waals surface area (Å²) in [5.74, 6) is 1.91. The Kier molecular flexibility index (Phi) is 5.68. The van der Waals surface area contributed by atoms with Crippen molar-refractivity contribution in [1.29, 1.82) is 0 Å². The van der Waals surface area contributed by atoms with Gasteiger partial charge in [0.15, 0.2) is 11.6 Å². The van der Waals surface area contributed by atoms with Crippen LogP contribution < -0.4 is 0 Å². The third-order valence-electron chi connectivity index (χ3n) is 9.16. The standard InChI is InChI=1S/C40H28N4S/c1-40(2)32-17-10-9-16-28(32)29-23-31-30-22-27(36-18-11-21-45-36)19-20-34(30)44(35(31)24-33(29)40)39-42-37(25-12-5-3-6-13-25)41-38(43-39)26-14-7-4-8-15-26/h3-24H,1-2H3. The fourth-order valence-corrected chi connectivity index (χ4v) is 7.65. The summed E-state index contributed by atoms with van der Waals surface area (Å²) in [5, 5.41) is 4.51. The Morgan fingerprint density at radius 3 is 1.89 bits per heavy atom. The molecule has 0 unspecified atom stereocenters. The number of aromatic nitrogens is 4. The van der Waals surface area contributed by atoms with Gasteiger partial charge in [-0.1, -0.05) is 111 Å². The van der Waals surface area contributed by atoms with E-state index in [0.29, 0.717) is 17.6 Å². The van der Waals surface area contributed by atoms with E-state index in [2.05, 4.69) is 115 Å². The van der Waals surface area contributed by atoms with Crippen LogP contribution in [0, 0.1) is 0 Å². The molecule has 1 aliphatic carbocycles. The molecule has 9 rings (SSSR count). The normalized spacial score (nSPS) is 13.3. The number of thiophene rings is 1. The summed E-state index contributed by atoms with van der Waals surface area (Å²) in [6.45, 7) is 4.66. The van der Waals surface area contributed by atoms with Gasteiger partial charge in [0.1, 0.15) is 0 Å². The van der Waals surface area contributed by atoms with E-state index in [1.54, 1.807) is 11.3 Å². The predicted molar refractivity (Wildman–Crippen MR) is 186 cm³/mol. The summed E-state index contributed by atoms with van der Waals surface area (Å²) in [7, 11) is 0. The first-order valence-electron chi connectivity index (χ1n) is 15.2. The van der Waals surface area contributed by atoms with Gasteiger partial charge in [0.25, 0.3) is 0 Å². The van der Waals surface area contributed by atoms with E-state index in [4.69, 9.17) is 15.0 Å². The maximum atomic E-state index is 5.16. The van der Waals surface area contributed by atoms with Crippen molar-refractivity contribution in [3.05, 3.63) is 144 Å². The Morgan fingerprint density at radius 2 is 1.20 bits per heavy atom. The molecule has 214 valence electrons. The molecule has 1 aliphatic rings. The Hall–Kier alpha value is -5.39. The Bertz CT molecular complexity index is 2330. The van der Waals surface area contributed by atoms with E-state index in [1.807, 2.05) is 36.4 Å². The molecular formula is C40H28N4S. The van der Waals surface area contributed by atoms with E-state index in [0.717, 1.165) is 22.2 Å². The summed E-state index contributed by atoms with van der Waals surface area (Å²) >= 11 is 1.76. The van der Waals surface area contributed by atoms with Gasteiger partial charge in [0, 0.05) is 32.2 Å². The van der Waals surface area contributed by atoms with Crippen LogP contribution in [0.1, 0.15) is 25.0 Å². The van der Waals surface area contributed by atoms with Crippen molar-refractivity contribution < 1.29 is 0 Å². The molecule has 0 amide bonds. The highest BCUT2D eigenvalue weighted by Gasteiger charge is 2.36. The summed E-state index contributed by atoms with van der Waals surface area (Å²) in [6, 6.07) is 45.0. The van der Waals surface area contributed by atoms with Crippen molar-refractivity contribution in [3.63, 3.8) is 0 Å². The molecule has 3 heterocycles. The van der Waals surface area contributed by atoms with E-state index in [-0.39, 0.29) is 5.41 Å². The molecule has 0 saturated heterocycles. The van der Waals surface area contributed by atoms with Crippen molar-refractivity contribution in [2.45, 2.75) is 19.3 Å². The van der Waals surface area contributed by atoms with Crippen molar-refractivity contribution in [2.24, 2.45) is 0 Å². The highest BCUT2D eigenvalue weighted by Crippen LogP contribution is 2.51. The zero-order valence-corrected chi connectivity index (χ0v) is 25.7. The summed E-state index contributed by atoms with van der Waals surface area (Å²) in [5.41, 5.74) is 10.5. The first-order valence-corrected chi connectivity index (χ1v) is 16.1. The van der Waals surface area contributed by atoms with Crippen LogP contribution in [0.5, 0.6) is 0 Å². The average Bonchev–Trinajstić information content (AvgIpc) is 3.79. The zero-order chi connectivity index (χ0) is 30.1. The minimum Gasteiger partial charge on any atom is -0.278 e. The minimum atomic E-state index is -0.132. The lowest BCUT2D eigenvalue weighted by atomic mass is 9.82. The minimum absolute atomic E-state index is 0.132. The summed E-state index contributed by atoms with van der Waals surface area (Å²) < 4.78 is 2.24. The molecule has 0 radical (unpaired) electrons. The fourth-order valence-electron chi connectivity index (χ4n) is 6.92. The lowest BCUT2D eigenvalue weighted by Crippen LogP contribution is -2.15. The number of nitrogens with zero attached hydrogens (tertiary/aromatic N) is 4. The van der Waals surface area contributed by atoms with E-state index < -0.39 is 0 Å². The van der Waals surface area contributed by atoms with E-state index in [1.165, 1.54) is 43.5 Å². The molecule has 8 aromatic rings. The number of fused-ring (bicyclic) bond motifs is 6. The van der Waals surface area contributed by atoms with Crippen molar-refractivity contribution >= 4 is 33.1 Å². The Morgan fingerprint density at radius 1 is 0.533 bits per heavy atom. The van der Waals surface area contributed by atoms with Gasteiger partial charge in [-0.15, -0.1) is 11.3 Å². The van der Waals surface area contributed by atoms with E-state index >= 15 is 0 Å². The summed E-state index contributed by atoms with van der Waals surface area (Å²) in [4.78, 5) is 16.5. The van der Waals surface area contributed by atoms with Crippen LogP contribution in [-0.2, 0) is 5.41 Å². The molecule has 0 fully saturated rings. The average molecular weight is 597 g/mol. The first kappa shape index (κ1) is 26.1. The number of rotatable bonds is 4. The van der Waals surface area contributed by atoms with Crippen LogP contribution in [0.15, 0.2) is 133 Å². The maximum absolute atomic E-state index is 5.16. The van der Waals surface area contributed by atoms with Gasteiger partial charge in [-0.05, 0) is 63.5 Å². The number of hydrogen-bond acceptors (Lipinski definition) is 4. The molecule has 5 aromatic carbocycles. The third-order valence-corrected chi connectivity index (χ3v) is 10.1. The topological polar surface area (TPSA) is 43.6 Å². The molecule has 5 heteroatoms. The van der Waals surface area contributed by atoms with Crippen LogP contribution >= 0.6 is 11.3 Å². The maximum Gasteiger partial charge on any atom is 0.238 e. The first-order chi connectivity index (χ1) is 22.1. The lowest BCUT2D eigenvalue weighted by molar-refractivity contribution is 0.661. The summed E-state index contributed by atoms with van der Waals surface area (Å²) in [6.07, 6.45) is 0. The molecule has 0 bridgehead atoms. The van der Waals surface area contributed by atoms with Crippen LogP contribution in [0.4, 0.5) is 0 Å². The van der Waals surface area contributed by atoms with Crippen LogP contribution in [0.2, 0.25) is 0 Å². The highest BCUT2D eigenvalue weighted by molar-refractivity contribution is 7.13. The SMILES string of the molecule is CC1(C)c2ccccc2-c2cc3c4cc(-c5cccs5)ccc4n(-c4nc(-c5ccccc5)nc(-c5ccccc5)n4)c3cc21. The molecule has 0 spiro atoms. The molecular weight excluding hydrogens is 569 g/mol. The van der Waals surface area contributed by atoms with Crippen molar-refractivity contribution in [1.82, 2.24) is 19.5 Å². The monoisotopic (exact) mass is 596 g/mol. The van der Waals surface area contributed by atoms with Gasteiger partial charge in [-0.2, -0.15) is 9.97 Å². The highest BCUT2D eigenvalue weighted by atomic mass is 32.1. The van der Waals surface area contributed by atoms with Gasteiger partial charge in [0.2, 0.25) is 5.95 Å². The Labute approximate surface area is 265 Å². The van der Waals surface area contributed by atoms with Crippen LogP contribution in [0.25, 0.3) is 72.1 Å². The van der Waals surface area contributed by atoms with Crippen LogP contribution in [0.3, 0.4) is 0 Å². The lowest BCUT2D eigenvalue weighted by Gasteiger charge is -2.21. The van der Waals surface area contributed by atoms with E-state index in [9.17, 15) is 0 Å². The molecule has 45 heavy (non-hydrogen) atoms. The fraction of sp³-hybridized carbons (Fsp3) is 0.0750. The quantitative estimate of drug-likeness (QED) is 0.203. The molecule has 0 saturated carbocycles. The van der Waals surface area contributed by atoms with Gasteiger partial charge in [-0.3, -0.25) is 4.57 Å². The molecule has 4 nitrogen and oxygen atoms in total. The second-order valence-corrected chi connectivity index (χ2v) is 13.1. The third kappa shape index (κ3) is 4.01. The number of benzene rings is 5. The van der Waals surface area contributed by atoms with Crippen LogP contribution in [-0.4, -0.2) is 19.5 Å². The zero-order valence-electron chi connectivity index (χ0n) is 24.9. The largest absolute Gasteiger partial charge is 0.278 e. The van der Waals surface area contributed by atoms with Gasteiger partial charge >= 0.3 is 0 Å². The predicted octanol–water partition coefficient (Wildman–Crippen LogP) is 10.3. The Balaban J connectivity index is 1.39. The van der Waals surface area contributed by atoms with Crippen molar-refractivity contribution in [2.75, 3.05) is 0 Å². The van der Waals surface area contributed by atoms with Gasteiger partial charge in [0.05, 0.1) is 11.0 Å². The molecule has 0 N–H and O–H groups in total. The van der Waals surface area contributed by atoms with Crippen molar-refractivity contribution in [3.8, 4) is 50.3 Å². The molecule has 0 aliphatic heterocycles. The molecule has 0 atom stereocenters. The second kappa shape index (κ2) is 9.81. The molecule has 3 aromatic heterocycles. The smallest absolute Gasteiger partial charge is 0.238 e. The van der Waals surface area contributed by atoms with Gasteiger partial charge < -0.3 is 0 Å².